The molecule has 0 radical (unpaired) electrons. The number of aliphatic hydroxyl groups is 2. The van der Waals surface area contributed by atoms with Gasteiger partial charge >= 0.3 is 0 Å². The highest BCUT2D eigenvalue weighted by Crippen LogP contribution is 2.42. The Morgan fingerprint density at radius 2 is 1.29 bits per heavy atom. The van der Waals surface area contributed by atoms with Crippen molar-refractivity contribution in [3.8, 4) is 0 Å². The molecule has 3 atom stereocenters. The van der Waals surface area contributed by atoms with E-state index in [2.05, 4.69) is 153 Å². The topological polar surface area (TPSA) is 40.5 Å². The fourth-order valence-electron chi connectivity index (χ4n) is 6.01. The van der Waals surface area contributed by atoms with Gasteiger partial charge in [0.1, 0.15) is 0 Å². The van der Waals surface area contributed by atoms with Crippen LogP contribution in [0.1, 0.15) is 81.6 Å². The highest BCUT2D eigenvalue weighted by Gasteiger charge is 2.34. The Balaban J connectivity index is 1.85. The fourth-order valence-corrected chi connectivity index (χ4v) is 6.01. The number of hydrogen-bond donors (Lipinski definition) is 2. The van der Waals surface area contributed by atoms with Crippen LogP contribution in [0, 0.1) is 16.7 Å². The monoisotopic (exact) mass is 554 g/mol. The van der Waals surface area contributed by atoms with Crippen LogP contribution in [0.5, 0.6) is 0 Å². The molecule has 0 aromatic rings. The highest BCUT2D eigenvalue weighted by molar-refractivity contribution is 5.36. The van der Waals surface area contributed by atoms with Crippen LogP contribution in [-0.2, 0) is 0 Å². The zero-order chi connectivity index (χ0) is 30.6. The molecule has 2 heteroatoms. The van der Waals surface area contributed by atoms with Crippen molar-refractivity contribution in [3.05, 3.63) is 131 Å². The molecule has 0 spiro atoms. The second kappa shape index (κ2) is 15.9. The minimum absolute atomic E-state index is 0.0128. The summed E-state index contributed by atoms with van der Waals surface area (Å²) in [7, 11) is 0. The van der Waals surface area contributed by atoms with Gasteiger partial charge in [-0.3, -0.25) is 0 Å². The zero-order valence-corrected chi connectivity index (χ0v) is 27.0. The molecular formula is C39H54O2. The van der Waals surface area contributed by atoms with Crippen molar-refractivity contribution >= 4 is 0 Å². The summed E-state index contributed by atoms with van der Waals surface area (Å²) in [6, 6.07) is 0. The smallest absolute Gasteiger partial charge is 0.0729 e. The normalized spacial score (nSPS) is 26.7. The van der Waals surface area contributed by atoms with E-state index in [9.17, 15) is 10.2 Å². The van der Waals surface area contributed by atoms with E-state index in [1.165, 1.54) is 33.4 Å². The predicted molar refractivity (Wildman–Crippen MR) is 179 cm³/mol. The molecule has 0 aromatic carbocycles. The summed E-state index contributed by atoms with van der Waals surface area (Å²) in [5, 5.41) is 20.1. The van der Waals surface area contributed by atoms with Gasteiger partial charge in [-0.2, -0.15) is 0 Å². The molecule has 0 saturated heterocycles. The summed E-state index contributed by atoms with van der Waals surface area (Å²) in [5.41, 5.74) is 7.52. The van der Waals surface area contributed by atoms with Crippen LogP contribution >= 0.6 is 0 Å². The standard InChI is InChI=1S/C39H54O2/c1-29(17-12-10-11-13-22-36-32(4)25-34(40)27-38(36,6)7)18-14-15-19-30(2)20-16-21-31(3)23-24-37-33(5)26-35(41)28-39(37,8)9/h10-24,26,34-35,37,40-41H,25,27-28H2,1-9H3/b11-10+,15-14+,17-12+,20-16+,22-13+,24-23+,29-18+,30-19+,31-21+/t34-,35+,37+/m1/s1. The molecule has 2 nitrogen and oxygen atoms in total. The average molecular weight is 555 g/mol. The van der Waals surface area contributed by atoms with Crippen molar-refractivity contribution in [2.45, 2.75) is 93.8 Å². The first-order valence-electron chi connectivity index (χ1n) is 15.0. The first-order valence-corrected chi connectivity index (χ1v) is 15.0. The molecule has 0 saturated carbocycles. The van der Waals surface area contributed by atoms with Gasteiger partial charge in [0.05, 0.1) is 12.2 Å². The van der Waals surface area contributed by atoms with Gasteiger partial charge in [-0.05, 0) is 70.3 Å². The molecule has 0 aromatic heterocycles. The molecule has 2 aliphatic carbocycles. The Morgan fingerprint density at radius 3 is 1.90 bits per heavy atom. The highest BCUT2D eigenvalue weighted by atomic mass is 16.3. The fraction of sp³-hybridized carbons (Fsp3) is 0.436. The van der Waals surface area contributed by atoms with E-state index >= 15 is 0 Å². The Labute approximate surface area is 251 Å². The quantitative estimate of drug-likeness (QED) is 0.208. The maximum absolute atomic E-state index is 10.1. The molecule has 0 fully saturated rings. The van der Waals surface area contributed by atoms with Crippen molar-refractivity contribution in [3.63, 3.8) is 0 Å². The second-order valence-corrected chi connectivity index (χ2v) is 13.2. The lowest BCUT2D eigenvalue weighted by Crippen LogP contribution is -2.32. The molecule has 2 N–H and O–H groups in total. The van der Waals surface area contributed by atoms with E-state index in [4.69, 9.17) is 0 Å². The van der Waals surface area contributed by atoms with Crippen molar-refractivity contribution < 1.29 is 10.2 Å². The first kappa shape index (κ1) is 34.3. The third-order valence-electron chi connectivity index (χ3n) is 8.05. The van der Waals surface area contributed by atoms with Gasteiger partial charge in [-0.1, -0.05) is 153 Å². The molecule has 222 valence electrons. The SMILES string of the molecule is CC1=C[C@H](O)CC(C)(C)[C@H]1/C=C/C(C)=C/C=C/C(C)=C/C=C/C=C(C)/C=C/C=C/C=C/C1=C(C)C[C@@H](O)CC1(C)C. The number of aliphatic hydroxyl groups excluding tert-OH is 2. The van der Waals surface area contributed by atoms with Crippen LogP contribution in [0.3, 0.4) is 0 Å². The Kier molecular flexibility index (Phi) is 13.3. The molecule has 2 aliphatic rings. The van der Waals surface area contributed by atoms with E-state index < -0.39 is 0 Å². The number of rotatable bonds is 10. The Bertz CT molecular complexity index is 1230. The van der Waals surface area contributed by atoms with Gasteiger partial charge in [-0.25, -0.2) is 0 Å². The molecule has 0 aliphatic heterocycles. The molecule has 0 amide bonds. The average Bonchev–Trinajstić information content (AvgIpc) is 2.83. The molecular weight excluding hydrogens is 500 g/mol. The van der Waals surface area contributed by atoms with Crippen LogP contribution in [0.15, 0.2) is 131 Å². The largest absolute Gasteiger partial charge is 0.393 e. The van der Waals surface area contributed by atoms with E-state index in [1.807, 2.05) is 6.08 Å². The molecule has 0 bridgehead atoms. The van der Waals surface area contributed by atoms with Crippen molar-refractivity contribution in [2.24, 2.45) is 16.7 Å². The zero-order valence-electron chi connectivity index (χ0n) is 27.0. The molecule has 2 rings (SSSR count). The number of allylic oxidation sites excluding steroid dienone is 20. The molecule has 41 heavy (non-hydrogen) atoms. The third-order valence-corrected chi connectivity index (χ3v) is 8.05. The van der Waals surface area contributed by atoms with Gasteiger partial charge in [0, 0.05) is 5.92 Å². The summed E-state index contributed by atoms with van der Waals surface area (Å²) in [4.78, 5) is 0. The van der Waals surface area contributed by atoms with Crippen LogP contribution in [0.2, 0.25) is 0 Å². The summed E-state index contributed by atoms with van der Waals surface area (Å²) in [6.07, 6.45) is 35.6. The molecule has 0 heterocycles. The summed E-state index contributed by atoms with van der Waals surface area (Å²) in [5.74, 6) is 0.349. The van der Waals surface area contributed by atoms with E-state index in [-0.39, 0.29) is 23.0 Å². The van der Waals surface area contributed by atoms with Gasteiger partial charge < -0.3 is 10.2 Å². The van der Waals surface area contributed by atoms with Crippen molar-refractivity contribution in [1.29, 1.82) is 0 Å². The minimum Gasteiger partial charge on any atom is -0.393 e. The lowest BCUT2D eigenvalue weighted by atomic mass is 9.67. The summed E-state index contributed by atoms with van der Waals surface area (Å²) >= 11 is 0. The minimum atomic E-state index is -0.330. The van der Waals surface area contributed by atoms with Crippen LogP contribution < -0.4 is 0 Å². The van der Waals surface area contributed by atoms with Gasteiger partial charge in [0.15, 0.2) is 0 Å². The predicted octanol–water partition coefficient (Wildman–Crippen LogP) is 10.0. The third kappa shape index (κ3) is 11.8. The Morgan fingerprint density at radius 1 is 0.732 bits per heavy atom. The van der Waals surface area contributed by atoms with E-state index in [1.54, 1.807) is 0 Å². The van der Waals surface area contributed by atoms with Crippen LogP contribution in [0.4, 0.5) is 0 Å². The maximum atomic E-state index is 10.1. The van der Waals surface area contributed by atoms with Gasteiger partial charge in [0.2, 0.25) is 0 Å². The van der Waals surface area contributed by atoms with Crippen molar-refractivity contribution in [2.75, 3.05) is 0 Å². The van der Waals surface area contributed by atoms with Crippen molar-refractivity contribution in [1.82, 2.24) is 0 Å². The van der Waals surface area contributed by atoms with Gasteiger partial charge in [-0.15, -0.1) is 0 Å². The lowest BCUT2D eigenvalue weighted by Gasteiger charge is -2.38. The maximum Gasteiger partial charge on any atom is 0.0729 e. The van der Waals surface area contributed by atoms with E-state index in [0.29, 0.717) is 5.92 Å². The van der Waals surface area contributed by atoms with E-state index in [0.717, 1.165) is 19.3 Å². The molecule has 0 unspecified atom stereocenters. The first-order chi connectivity index (χ1) is 19.2. The second-order valence-electron chi connectivity index (χ2n) is 13.2. The summed E-state index contributed by atoms with van der Waals surface area (Å²) in [6.45, 7) is 19.5. The van der Waals surface area contributed by atoms with Crippen LogP contribution in [-0.4, -0.2) is 22.4 Å². The van der Waals surface area contributed by atoms with Gasteiger partial charge in [0.25, 0.3) is 0 Å². The number of hydrogen-bond acceptors (Lipinski definition) is 2. The lowest BCUT2D eigenvalue weighted by molar-refractivity contribution is 0.116. The van der Waals surface area contributed by atoms with Crippen LogP contribution in [0.25, 0.3) is 0 Å². The Hall–Kier alpha value is -2.94. The summed E-state index contributed by atoms with van der Waals surface area (Å²) < 4.78 is 0.